The van der Waals surface area contributed by atoms with Gasteiger partial charge in [-0.05, 0) is 17.7 Å². The van der Waals surface area contributed by atoms with E-state index in [1.165, 1.54) is 18.5 Å². The first-order chi connectivity index (χ1) is 9.44. The van der Waals surface area contributed by atoms with E-state index in [1.54, 1.807) is 11.6 Å². The van der Waals surface area contributed by atoms with Crippen molar-refractivity contribution in [1.82, 2.24) is 19.5 Å². The molecule has 0 saturated carbocycles. The number of hydrogen-bond donors (Lipinski definition) is 2. The number of halogens is 1. The molecule has 1 aromatic carbocycles. The molecule has 2 aromatic rings. The molecule has 0 saturated heterocycles. The summed E-state index contributed by atoms with van der Waals surface area (Å²) in [6.07, 6.45) is 1.46. The molecular formula is C11H14FN5O2S. The molecule has 0 amide bonds. The second-order valence-electron chi connectivity index (χ2n) is 4.14. The Hall–Kier alpha value is -1.84. The number of rotatable bonds is 5. The second-order valence-corrected chi connectivity index (χ2v) is 5.87. The molecule has 0 aliphatic heterocycles. The zero-order valence-corrected chi connectivity index (χ0v) is 11.6. The number of hydrogen-bond acceptors (Lipinski definition) is 5. The number of nitrogens with one attached hydrogen (secondary N) is 1. The lowest BCUT2D eigenvalue weighted by Crippen LogP contribution is -2.26. The number of benzene rings is 1. The largest absolute Gasteiger partial charge is 0.326 e. The van der Waals surface area contributed by atoms with Crippen molar-refractivity contribution in [3.63, 3.8) is 0 Å². The molecule has 0 bridgehead atoms. The fourth-order valence-electron chi connectivity index (χ4n) is 1.65. The Morgan fingerprint density at radius 3 is 2.80 bits per heavy atom. The SMILES string of the molecule is Cn1cnnc1CNS(=O)(=O)c1cc(F)ccc1CN. The highest BCUT2D eigenvalue weighted by atomic mass is 32.2. The number of sulfonamides is 1. The summed E-state index contributed by atoms with van der Waals surface area (Å²) in [5, 5.41) is 7.40. The molecule has 0 unspecified atom stereocenters. The van der Waals surface area contributed by atoms with Gasteiger partial charge in [-0.15, -0.1) is 10.2 Å². The molecule has 2 rings (SSSR count). The second kappa shape index (κ2) is 5.65. The third-order valence-corrected chi connectivity index (χ3v) is 4.25. The van der Waals surface area contributed by atoms with Crippen LogP contribution in [0.2, 0.25) is 0 Å². The predicted molar refractivity (Wildman–Crippen MR) is 69.3 cm³/mol. The Morgan fingerprint density at radius 2 is 2.20 bits per heavy atom. The Labute approximate surface area is 115 Å². The van der Waals surface area contributed by atoms with Gasteiger partial charge in [0.2, 0.25) is 10.0 Å². The van der Waals surface area contributed by atoms with Crippen molar-refractivity contribution in [1.29, 1.82) is 0 Å². The fourth-order valence-corrected chi connectivity index (χ4v) is 2.89. The lowest BCUT2D eigenvalue weighted by Gasteiger charge is -2.10. The first-order valence-corrected chi connectivity index (χ1v) is 7.23. The Bertz CT molecular complexity index is 713. The fraction of sp³-hybridized carbons (Fsp3) is 0.273. The van der Waals surface area contributed by atoms with Crippen LogP contribution < -0.4 is 10.5 Å². The molecule has 0 radical (unpaired) electrons. The van der Waals surface area contributed by atoms with Crippen molar-refractivity contribution in [2.75, 3.05) is 0 Å². The van der Waals surface area contributed by atoms with Gasteiger partial charge in [0.25, 0.3) is 0 Å². The number of aryl methyl sites for hydroxylation is 1. The smallest absolute Gasteiger partial charge is 0.241 e. The van der Waals surface area contributed by atoms with Gasteiger partial charge in [-0.2, -0.15) is 0 Å². The molecule has 0 fully saturated rings. The van der Waals surface area contributed by atoms with E-state index in [-0.39, 0.29) is 18.0 Å². The van der Waals surface area contributed by atoms with Crippen LogP contribution in [0.4, 0.5) is 4.39 Å². The minimum atomic E-state index is -3.87. The van der Waals surface area contributed by atoms with Crippen LogP contribution in [0.1, 0.15) is 11.4 Å². The summed E-state index contributed by atoms with van der Waals surface area (Å²) in [6.45, 7) is -0.0418. The average Bonchev–Trinajstić information content (AvgIpc) is 2.82. The van der Waals surface area contributed by atoms with Crippen LogP contribution in [0.15, 0.2) is 29.4 Å². The van der Waals surface area contributed by atoms with Crippen LogP contribution in [-0.2, 0) is 30.2 Å². The average molecular weight is 299 g/mol. The van der Waals surface area contributed by atoms with E-state index in [4.69, 9.17) is 5.73 Å². The van der Waals surface area contributed by atoms with Crippen LogP contribution >= 0.6 is 0 Å². The summed E-state index contributed by atoms with van der Waals surface area (Å²) in [5.41, 5.74) is 5.82. The van der Waals surface area contributed by atoms with E-state index >= 15 is 0 Å². The molecule has 7 nitrogen and oxygen atoms in total. The predicted octanol–water partition coefficient (Wildman–Crippen LogP) is -0.109. The summed E-state index contributed by atoms with van der Waals surface area (Å²) >= 11 is 0. The van der Waals surface area contributed by atoms with Gasteiger partial charge >= 0.3 is 0 Å². The zero-order valence-electron chi connectivity index (χ0n) is 10.7. The lowest BCUT2D eigenvalue weighted by molar-refractivity contribution is 0.572. The van der Waals surface area contributed by atoms with E-state index in [2.05, 4.69) is 14.9 Å². The minimum Gasteiger partial charge on any atom is -0.326 e. The maximum Gasteiger partial charge on any atom is 0.241 e. The van der Waals surface area contributed by atoms with E-state index in [0.717, 1.165) is 6.07 Å². The third kappa shape index (κ3) is 3.00. The van der Waals surface area contributed by atoms with Gasteiger partial charge in [-0.3, -0.25) is 0 Å². The summed E-state index contributed by atoms with van der Waals surface area (Å²) < 4.78 is 41.5. The van der Waals surface area contributed by atoms with Gasteiger partial charge in [-0.25, -0.2) is 17.5 Å². The topological polar surface area (TPSA) is 103 Å². The van der Waals surface area contributed by atoms with E-state index in [0.29, 0.717) is 11.4 Å². The molecular weight excluding hydrogens is 285 g/mol. The molecule has 0 spiro atoms. The first-order valence-electron chi connectivity index (χ1n) is 5.75. The quantitative estimate of drug-likeness (QED) is 0.802. The summed E-state index contributed by atoms with van der Waals surface area (Å²) in [6, 6.07) is 3.47. The molecule has 1 aromatic heterocycles. The molecule has 108 valence electrons. The molecule has 9 heteroatoms. The number of nitrogens with zero attached hydrogens (tertiary/aromatic N) is 3. The normalized spacial score (nSPS) is 11.8. The summed E-state index contributed by atoms with van der Waals surface area (Å²) in [7, 11) is -2.18. The highest BCUT2D eigenvalue weighted by Gasteiger charge is 2.19. The van der Waals surface area contributed by atoms with Gasteiger partial charge in [0.05, 0.1) is 11.4 Å². The standard InChI is InChI=1S/C11H14FN5O2S/c1-17-7-14-16-11(17)6-15-20(18,19)10-4-9(12)3-2-8(10)5-13/h2-4,7,15H,5-6,13H2,1H3. The van der Waals surface area contributed by atoms with Crippen LogP contribution in [0.5, 0.6) is 0 Å². The van der Waals surface area contributed by atoms with Crippen molar-refractivity contribution in [3.8, 4) is 0 Å². The van der Waals surface area contributed by atoms with Crippen LogP contribution in [-0.4, -0.2) is 23.2 Å². The number of nitrogens with two attached hydrogens (primary N) is 1. The van der Waals surface area contributed by atoms with Crippen LogP contribution in [0.3, 0.4) is 0 Å². The highest BCUT2D eigenvalue weighted by molar-refractivity contribution is 7.89. The monoisotopic (exact) mass is 299 g/mol. The van der Waals surface area contributed by atoms with Crippen molar-refractivity contribution in [2.45, 2.75) is 18.0 Å². The first kappa shape index (κ1) is 14.6. The van der Waals surface area contributed by atoms with Gasteiger partial charge in [0.1, 0.15) is 18.0 Å². The molecule has 1 heterocycles. The number of aromatic nitrogens is 3. The maximum absolute atomic E-state index is 13.2. The van der Waals surface area contributed by atoms with E-state index in [1.807, 2.05) is 0 Å². The van der Waals surface area contributed by atoms with Crippen LogP contribution in [0.25, 0.3) is 0 Å². The maximum atomic E-state index is 13.2. The molecule has 0 aliphatic rings. The highest BCUT2D eigenvalue weighted by Crippen LogP contribution is 2.17. The van der Waals surface area contributed by atoms with Crippen molar-refractivity contribution >= 4 is 10.0 Å². The van der Waals surface area contributed by atoms with Crippen molar-refractivity contribution < 1.29 is 12.8 Å². The van der Waals surface area contributed by atoms with Gasteiger partial charge in [-0.1, -0.05) is 6.07 Å². The molecule has 0 aliphatic carbocycles. The zero-order chi connectivity index (χ0) is 14.8. The minimum absolute atomic E-state index is 0.000480. The van der Waals surface area contributed by atoms with Gasteiger partial charge < -0.3 is 10.3 Å². The Morgan fingerprint density at radius 1 is 1.45 bits per heavy atom. The van der Waals surface area contributed by atoms with Crippen LogP contribution in [0, 0.1) is 5.82 Å². The summed E-state index contributed by atoms with van der Waals surface area (Å²) in [4.78, 5) is -0.165. The van der Waals surface area contributed by atoms with E-state index < -0.39 is 15.8 Å². The lowest BCUT2D eigenvalue weighted by atomic mass is 10.2. The Kier molecular flexibility index (Phi) is 4.12. The van der Waals surface area contributed by atoms with Crippen molar-refractivity contribution in [3.05, 3.63) is 41.7 Å². The van der Waals surface area contributed by atoms with Gasteiger partial charge in [0, 0.05) is 13.6 Å². The molecule has 20 heavy (non-hydrogen) atoms. The molecule has 3 N–H and O–H groups in total. The third-order valence-electron chi connectivity index (χ3n) is 2.76. The van der Waals surface area contributed by atoms with E-state index in [9.17, 15) is 12.8 Å². The molecule has 0 atom stereocenters. The van der Waals surface area contributed by atoms with Gasteiger partial charge in [0.15, 0.2) is 0 Å². The Balaban J connectivity index is 2.26. The summed E-state index contributed by atoms with van der Waals surface area (Å²) in [5.74, 6) is -0.194. The van der Waals surface area contributed by atoms with Crippen molar-refractivity contribution in [2.24, 2.45) is 12.8 Å².